The fraction of sp³-hybridized carbons (Fsp3) is 0.333. The molecule has 0 bridgehead atoms. The topological polar surface area (TPSA) is 116 Å². The van der Waals surface area contributed by atoms with Gasteiger partial charge in [0.25, 0.3) is 0 Å². The molecule has 3 heterocycles. The number of anilines is 4. The molecule has 4 aromatic carbocycles. The Bertz CT molecular complexity index is 2010. The molecule has 0 spiro atoms. The summed E-state index contributed by atoms with van der Waals surface area (Å²) in [5, 5.41) is 19.4. The minimum Gasteiger partial charge on any atom is -0.419 e. The van der Waals surface area contributed by atoms with Crippen LogP contribution in [0.3, 0.4) is 0 Å². The molecule has 52 heavy (non-hydrogen) atoms. The van der Waals surface area contributed by atoms with Crippen LogP contribution < -0.4 is 25.8 Å². The summed E-state index contributed by atoms with van der Waals surface area (Å²) in [6.45, 7) is 9.17. The Balaban J connectivity index is 0.919. The van der Waals surface area contributed by atoms with E-state index >= 15 is 0 Å². The van der Waals surface area contributed by atoms with Crippen LogP contribution in [-0.2, 0) is 22.7 Å². The van der Waals surface area contributed by atoms with Crippen molar-refractivity contribution < 1.29 is 14.0 Å². The highest BCUT2D eigenvalue weighted by atomic mass is 16.4. The van der Waals surface area contributed by atoms with Gasteiger partial charge in [-0.1, -0.05) is 62.4 Å². The lowest BCUT2D eigenvalue weighted by Gasteiger charge is -2.40. The van der Waals surface area contributed by atoms with Gasteiger partial charge in [-0.15, -0.1) is 10.2 Å². The molecule has 0 saturated carbocycles. The molecule has 2 amide bonds. The molecule has 0 aliphatic carbocycles. The van der Waals surface area contributed by atoms with Crippen molar-refractivity contribution in [3.8, 4) is 11.5 Å². The van der Waals surface area contributed by atoms with Gasteiger partial charge in [-0.2, -0.15) is 0 Å². The summed E-state index contributed by atoms with van der Waals surface area (Å²) in [6.07, 6.45) is 2.64. The molecule has 1 aromatic heterocycles. The van der Waals surface area contributed by atoms with Crippen LogP contribution in [0, 0.1) is 0 Å². The van der Waals surface area contributed by atoms with Gasteiger partial charge in [0.15, 0.2) is 0 Å². The summed E-state index contributed by atoms with van der Waals surface area (Å²) < 4.78 is 6.00. The van der Waals surface area contributed by atoms with Crippen molar-refractivity contribution in [3.05, 3.63) is 120 Å². The van der Waals surface area contributed by atoms with Crippen LogP contribution in [0.15, 0.2) is 101 Å². The minimum absolute atomic E-state index is 0.0922. The van der Waals surface area contributed by atoms with E-state index in [1.807, 2.05) is 84.3 Å². The second-order valence-electron chi connectivity index (χ2n) is 13.8. The van der Waals surface area contributed by atoms with E-state index in [0.29, 0.717) is 37.7 Å². The van der Waals surface area contributed by atoms with Crippen LogP contribution in [0.4, 0.5) is 22.7 Å². The number of benzene rings is 4. The average Bonchev–Trinajstić information content (AvgIpc) is 3.64. The highest BCUT2D eigenvalue weighted by Crippen LogP contribution is 2.40. The fourth-order valence-corrected chi connectivity index (χ4v) is 7.59. The Labute approximate surface area is 305 Å². The van der Waals surface area contributed by atoms with Gasteiger partial charge in [0.2, 0.25) is 23.6 Å². The standard InChI is InChI=1S/C42H47N7O3/c1-5-40(50)48-27(3)23-35(33-11-7-9-13-37(33)48)44-31-19-15-29(16-20-31)25-43-26-39-46-47-42(52-39)30-17-21-32(22-18-30)45-36-24-28(4)49(41(51)6-2)38-14-10-8-12-34(36)38/h7-22,27-28,35-36,43-45H,5-6,23-26H2,1-4H3/t27-,28-,35+,36+/m0/s1. The van der Waals surface area contributed by atoms with Crippen LogP contribution in [0.2, 0.25) is 0 Å². The Kier molecular flexibility index (Phi) is 10.4. The summed E-state index contributed by atoms with van der Waals surface area (Å²) in [6, 6.07) is 33.3. The van der Waals surface area contributed by atoms with E-state index in [1.54, 1.807) is 0 Å². The minimum atomic E-state index is 0.0922. The number of fused-ring (bicyclic) bond motifs is 2. The van der Waals surface area contributed by atoms with Crippen molar-refractivity contribution >= 4 is 34.6 Å². The first-order chi connectivity index (χ1) is 25.3. The van der Waals surface area contributed by atoms with E-state index in [9.17, 15) is 9.59 Å². The lowest BCUT2D eigenvalue weighted by atomic mass is 9.91. The van der Waals surface area contributed by atoms with Crippen LogP contribution in [0.25, 0.3) is 11.5 Å². The molecule has 0 radical (unpaired) electrons. The van der Waals surface area contributed by atoms with Gasteiger partial charge in [-0.05, 0) is 91.9 Å². The largest absolute Gasteiger partial charge is 0.419 e. The molecule has 7 rings (SSSR count). The molecule has 2 aliphatic rings. The van der Waals surface area contributed by atoms with Crippen LogP contribution >= 0.6 is 0 Å². The van der Waals surface area contributed by atoms with Crippen molar-refractivity contribution in [1.29, 1.82) is 0 Å². The van der Waals surface area contributed by atoms with Gasteiger partial charge >= 0.3 is 0 Å². The average molecular weight is 698 g/mol. The van der Waals surface area contributed by atoms with E-state index in [4.69, 9.17) is 4.42 Å². The van der Waals surface area contributed by atoms with Gasteiger partial charge in [-0.3, -0.25) is 9.59 Å². The van der Waals surface area contributed by atoms with E-state index in [2.05, 4.69) is 76.4 Å². The Morgan fingerprint density at radius 2 is 1.17 bits per heavy atom. The summed E-state index contributed by atoms with van der Waals surface area (Å²) in [7, 11) is 0. The number of nitrogens with one attached hydrogen (secondary N) is 3. The Morgan fingerprint density at radius 3 is 1.69 bits per heavy atom. The van der Waals surface area contributed by atoms with Crippen LogP contribution in [-0.4, -0.2) is 34.1 Å². The number of carbonyl (C=O) groups is 2. The quantitative estimate of drug-likeness (QED) is 0.126. The highest BCUT2D eigenvalue weighted by Gasteiger charge is 2.34. The van der Waals surface area contributed by atoms with Gasteiger partial charge < -0.3 is 30.2 Å². The first-order valence-corrected chi connectivity index (χ1v) is 18.4. The van der Waals surface area contributed by atoms with Crippen LogP contribution in [0.5, 0.6) is 0 Å². The maximum absolute atomic E-state index is 12.7. The summed E-state index contributed by atoms with van der Waals surface area (Å²) in [4.78, 5) is 29.3. The molecule has 4 atom stereocenters. The Hall–Kier alpha value is -5.48. The predicted octanol–water partition coefficient (Wildman–Crippen LogP) is 8.40. The van der Waals surface area contributed by atoms with E-state index in [-0.39, 0.29) is 36.0 Å². The van der Waals surface area contributed by atoms with Crippen molar-refractivity contribution in [2.24, 2.45) is 0 Å². The maximum atomic E-state index is 12.7. The zero-order chi connectivity index (χ0) is 36.2. The number of rotatable bonds is 11. The number of para-hydroxylation sites is 2. The molecule has 10 nitrogen and oxygen atoms in total. The summed E-state index contributed by atoms with van der Waals surface area (Å²) in [5.41, 5.74) is 8.29. The number of amides is 2. The Morgan fingerprint density at radius 1 is 0.673 bits per heavy atom. The van der Waals surface area contributed by atoms with Crippen molar-refractivity contribution in [2.45, 2.75) is 90.6 Å². The normalized spacial score (nSPS) is 19.5. The van der Waals surface area contributed by atoms with Crippen molar-refractivity contribution in [3.63, 3.8) is 0 Å². The van der Waals surface area contributed by atoms with E-state index in [1.165, 1.54) is 0 Å². The molecule has 0 saturated heterocycles. The van der Waals surface area contributed by atoms with Gasteiger partial charge in [0.05, 0.1) is 18.6 Å². The molecular weight excluding hydrogens is 651 g/mol. The second-order valence-corrected chi connectivity index (χ2v) is 13.8. The third kappa shape index (κ3) is 7.29. The van der Waals surface area contributed by atoms with Crippen LogP contribution in [0.1, 0.15) is 88.0 Å². The van der Waals surface area contributed by atoms with E-state index < -0.39 is 0 Å². The third-order valence-corrected chi connectivity index (χ3v) is 10.2. The second kappa shape index (κ2) is 15.4. The highest BCUT2D eigenvalue weighted by molar-refractivity contribution is 5.96. The molecule has 0 fully saturated rings. The number of aromatic nitrogens is 2. The smallest absolute Gasteiger partial charge is 0.247 e. The number of hydrogen-bond acceptors (Lipinski definition) is 8. The molecule has 0 unspecified atom stereocenters. The van der Waals surface area contributed by atoms with Crippen molar-refractivity contribution in [2.75, 3.05) is 20.4 Å². The maximum Gasteiger partial charge on any atom is 0.247 e. The summed E-state index contributed by atoms with van der Waals surface area (Å²) >= 11 is 0. The number of hydrogen-bond donors (Lipinski definition) is 3. The molecule has 2 aliphatic heterocycles. The zero-order valence-corrected chi connectivity index (χ0v) is 30.3. The summed E-state index contributed by atoms with van der Waals surface area (Å²) in [5.74, 6) is 1.31. The number of nitrogens with zero attached hydrogens (tertiary/aromatic N) is 4. The third-order valence-electron chi connectivity index (χ3n) is 10.2. The predicted molar refractivity (Wildman–Crippen MR) is 206 cm³/mol. The molecule has 268 valence electrons. The monoisotopic (exact) mass is 697 g/mol. The number of carbonyl (C=O) groups excluding carboxylic acids is 2. The zero-order valence-electron chi connectivity index (χ0n) is 30.3. The van der Waals surface area contributed by atoms with E-state index in [0.717, 1.165) is 57.8 Å². The lowest BCUT2D eigenvalue weighted by molar-refractivity contribution is -0.119. The molecular formula is C42H47N7O3. The first kappa shape index (κ1) is 34.9. The molecule has 3 N–H and O–H groups in total. The van der Waals surface area contributed by atoms with Gasteiger partial charge in [0, 0.05) is 59.8 Å². The SMILES string of the molecule is CCC(=O)N1c2ccccc2[C@H](Nc2ccc(CNCc3nnc(-c4ccc(N[C@@H]5C[C@H](C)N(C(=O)CC)c6ccccc65)cc4)o3)cc2)C[C@@H]1C. The molecule has 10 heteroatoms. The fourth-order valence-electron chi connectivity index (χ4n) is 7.59. The lowest BCUT2D eigenvalue weighted by Crippen LogP contribution is -2.44. The van der Waals surface area contributed by atoms with Crippen molar-refractivity contribution in [1.82, 2.24) is 15.5 Å². The molecule has 5 aromatic rings. The van der Waals surface area contributed by atoms with Gasteiger partial charge in [-0.25, -0.2) is 0 Å². The first-order valence-electron chi connectivity index (χ1n) is 18.4. The van der Waals surface area contributed by atoms with Gasteiger partial charge in [0.1, 0.15) is 0 Å².